The second-order valence-corrected chi connectivity index (χ2v) is 10.9. The number of nitrogens with one attached hydrogen (secondary N) is 1. The first-order chi connectivity index (χ1) is 19.9. The summed E-state index contributed by atoms with van der Waals surface area (Å²) in [5.41, 5.74) is 2.76. The molecule has 3 atom stereocenters. The number of aromatic nitrogens is 2. The highest BCUT2D eigenvalue weighted by Crippen LogP contribution is 2.31. The zero-order valence-corrected chi connectivity index (χ0v) is 24.4. The van der Waals surface area contributed by atoms with E-state index in [1.54, 1.807) is 0 Å². The molecule has 1 unspecified atom stereocenters. The number of hydrogen-bond acceptors (Lipinski definition) is 5. The molecule has 0 saturated carbocycles. The van der Waals surface area contributed by atoms with Crippen LogP contribution in [0.2, 0.25) is 5.02 Å². The number of carbonyl (C=O) groups is 2. The number of alkyl halides is 3. The van der Waals surface area contributed by atoms with Gasteiger partial charge in [0.1, 0.15) is 11.6 Å². The number of aryl methyl sites for hydroxylation is 1. The van der Waals surface area contributed by atoms with E-state index in [1.165, 1.54) is 18.2 Å². The molecule has 226 valence electrons. The molecule has 3 aromatic rings. The fourth-order valence-corrected chi connectivity index (χ4v) is 5.19. The van der Waals surface area contributed by atoms with Crippen LogP contribution in [-0.2, 0) is 18.3 Å². The molecule has 4 rings (SSSR count). The van der Waals surface area contributed by atoms with Gasteiger partial charge in [-0.05, 0) is 56.9 Å². The van der Waals surface area contributed by atoms with Crippen molar-refractivity contribution in [1.82, 2.24) is 19.8 Å². The van der Waals surface area contributed by atoms with E-state index in [9.17, 15) is 27.9 Å². The number of ether oxygens (including phenoxy) is 1. The lowest BCUT2D eigenvalue weighted by molar-refractivity contribution is -0.189. The van der Waals surface area contributed by atoms with Crippen LogP contribution >= 0.6 is 11.6 Å². The highest BCUT2D eigenvalue weighted by Gasteiger charge is 2.38. The summed E-state index contributed by atoms with van der Waals surface area (Å²) in [6.45, 7) is 3.44. The van der Waals surface area contributed by atoms with Crippen molar-refractivity contribution in [2.45, 2.75) is 63.9 Å². The maximum atomic E-state index is 12.9. The van der Waals surface area contributed by atoms with Crippen LogP contribution in [-0.4, -0.2) is 62.8 Å². The van der Waals surface area contributed by atoms with Crippen LogP contribution in [0.5, 0.6) is 5.75 Å². The van der Waals surface area contributed by atoms with E-state index in [0.717, 1.165) is 42.5 Å². The van der Waals surface area contributed by atoms with Crippen molar-refractivity contribution in [3.05, 3.63) is 70.6 Å². The van der Waals surface area contributed by atoms with Crippen molar-refractivity contribution in [1.29, 1.82) is 0 Å². The van der Waals surface area contributed by atoms with Crippen LogP contribution in [0.4, 0.5) is 13.2 Å². The van der Waals surface area contributed by atoms with Gasteiger partial charge in [-0.3, -0.25) is 9.59 Å². The maximum Gasteiger partial charge on any atom is 0.425 e. The normalized spacial score (nSPS) is 15.9. The Bertz CT molecular complexity index is 1410. The molecule has 2 N–H and O–H groups in total. The standard InChI is InChI=1S/C30H34ClF3N4O4/c1-18(38-13-4-5-27(38)40)28-36-25(17-37(28)3)21-8-6-20(7-9-21)15-23(12-14-39)35-29(41)22-10-11-26(24(31)16-22)42-19(2)30(32,33)34/h6-11,16-19,23,39H,4-5,12-15H2,1-3H3,(H,35,41)/t18-,19+,23?/m0/s1. The zero-order chi connectivity index (χ0) is 30.6. The number of hydrogen-bond donors (Lipinski definition) is 2. The highest BCUT2D eigenvalue weighted by molar-refractivity contribution is 6.32. The summed E-state index contributed by atoms with van der Waals surface area (Å²) in [5.74, 6) is 0.299. The molecule has 0 spiro atoms. The molecule has 2 heterocycles. The molecule has 2 amide bonds. The van der Waals surface area contributed by atoms with E-state index in [1.807, 2.05) is 53.9 Å². The highest BCUT2D eigenvalue weighted by atomic mass is 35.5. The largest absolute Gasteiger partial charge is 0.480 e. The lowest BCUT2D eigenvalue weighted by Crippen LogP contribution is -2.37. The SMILES string of the molecule is C[C@@H](c1nc(-c2ccc(CC(CCO)NC(=O)c3ccc(O[C@H](C)C(F)(F)F)c(Cl)c3)cc2)cn1C)N1CCCC1=O. The number of amides is 2. The van der Waals surface area contributed by atoms with Crippen LogP contribution in [0.15, 0.2) is 48.7 Å². The number of imidazole rings is 1. The molecule has 1 fully saturated rings. The minimum Gasteiger partial charge on any atom is -0.480 e. The molecule has 0 radical (unpaired) electrons. The predicted octanol–water partition coefficient (Wildman–Crippen LogP) is 5.48. The zero-order valence-electron chi connectivity index (χ0n) is 23.6. The Balaban J connectivity index is 1.40. The summed E-state index contributed by atoms with van der Waals surface area (Å²) >= 11 is 6.09. The number of nitrogens with zero attached hydrogens (tertiary/aromatic N) is 3. The molecular weight excluding hydrogens is 573 g/mol. The van der Waals surface area contributed by atoms with Gasteiger partial charge in [0.05, 0.1) is 16.8 Å². The van der Waals surface area contributed by atoms with E-state index in [2.05, 4.69) is 5.32 Å². The molecule has 0 aliphatic carbocycles. The number of halogens is 4. The van der Waals surface area contributed by atoms with Gasteiger partial charge in [-0.2, -0.15) is 13.2 Å². The summed E-state index contributed by atoms with van der Waals surface area (Å²) in [5, 5.41) is 12.3. The van der Waals surface area contributed by atoms with Crippen molar-refractivity contribution in [2.75, 3.05) is 13.2 Å². The van der Waals surface area contributed by atoms with Crippen LogP contribution in [0.3, 0.4) is 0 Å². The second kappa shape index (κ2) is 13.2. The van der Waals surface area contributed by atoms with Crippen LogP contribution in [0, 0.1) is 0 Å². The van der Waals surface area contributed by atoms with Gasteiger partial charge in [-0.25, -0.2) is 4.98 Å². The van der Waals surface area contributed by atoms with Crippen molar-refractivity contribution in [3.63, 3.8) is 0 Å². The number of aliphatic hydroxyl groups is 1. The van der Waals surface area contributed by atoms with Gasteiger partial charge < -0.3 is 24.6 Å². The first kappa shape index (κ1) is 31.4. The van der Waals surface area contributed by atoms with Crippen molar-refractivity contribution in [2.24, 2.45) is 7.05 Å². The molecule has 8 nitrogen and oxygen atoms in total. The van der Waals surface area contributed by atoms with Crippen molar-refractivity contribution >= 4 is 23.4 Å². The van der Waals surface area contributed by atoms with Gasteiger partial charge >= 0.3 is 6.18 Å². The molecule has 1 aliphatic rings. The lowest BCUT2D eigenvalue weighted by atomic mass is 10.0. The molecule has 12 heteroatoms. The first-order valence-corrected chi connectivity index (χ1v) is 14.1. The fraction of sp³-hybridized carbons (Fsp3) is 0.433. The number of rotatable bonds is 11. The quantitative estimate of drug-likeness (QED) is 0.301. The molecular formula is C30H34ClF3N4O4. The molecule has 1 saturated heterocycles. The van der Waals surface area contributed by atoms with Gasteiger partial charge in [0.25, 0.3) is 5.91 Å². The topological polar surface area (TPSA) is 96.7 Å². The van der Waals surface area contributed by atoms with Gasteiger partial charge in [-0.15, -0.1) is 0 Å². The third-order valence-electron chi connectivity index (χ3n) is 7.37. The van der Waals surface area contributed by atoms with Gasteiger partial charge in [0, 0.05) is 50.0 Å². The Morgan fingerprint density at radius 1 is 1.19 bits per heavy atom. The summed E-state index contributed by atoms with van der Waals surface area (Å²) in [7, 11) is 1.91. The Labute approximate surface area is 247 Å². The second-order valence-electron chi connectivity index (χ2n) is 10.5. The Kier molecular flexibility index (Phi) is 9.83. The monoisotopic (exact) mass is 606 g/mol. The number of likely N-dealkylation sites (tertiary alicyclic amines) is 1. The van der Waals surface area contributed by atoms with Gasteiger partial charge in [0.2, 0.25) is 5.91 Å². The number of benzene rings is 2. The molecule has 2 aromatic carbocycles. The lowest BCUT2D eigenvalue weighted by Gasteiger charge is -2.23. The fourth-order valence-electron chi connectivity index (χ4n) is 4.97. The first-order valence-electron chi connectivity index (χ1n) is 13.7. The van der Waals surface area contributed by atoms with Crippen LogP contribution < -0.4 is 10.1 Å². The average molecular weight is 607 g/mol. The van der Waals surface area contributed by atoms with Crippen molar-refractivity contribution < 1.29 is 32.6 Å². The van der Waals surface area contributed by atoms with E-state index in [4.69, 9.17) is 21.3 Å². The third-order valence-corrected chi connectivity index (χ3v) is 7.66. The Morgan fingerprint density at radius 3 is 2.50 bits per heavy atom. The average Bonchev–Trinajstić information content (AvgIpc) is 3.54. The van der Waals surface area contributed by atoms with Gasteiger partial charge in [-0.1, -0.05) is 35.9 Å². The summed E-state index contributed by atoms with van der Waals surface area (Å²) in [6, 6.07) is 11.0. The van der Waals surface area contributed by atoms with E-state index < -0.39 is 24.2 Å². The molecule has 1 aliphatic heterocycles. The number of carbonyl (C=O) groups excluding carboxylic acids is 2. The minimum atomic E-state index is -4.55. The summed E-state index contributed by atoms with van der Waals surface area (Å²) in [4.78, 5) is 31.7. The van der Waals surface area contributed by atoms with E-state index in [0.29, 0.717) is 19.3 Å². The Morgan fingerprint density at radius 2 is 1.90 bits per heavy atom. The summed E-state index contributed by atoms with van der Waals surface area (Å²) < 4.78 is 45.3. The molecule has 1 aromatic heterocycles. The minimum absolute atomic E-state index is 0.118. The van der Waals surface area contributed by atoms with Crippen LogP contribution in [0.1, 0.15) is 60.9 Å². The molecule has 42 heavy (non-hydrogen) atoms. The van der Waals surface area contributed by atoms with Gasteiger partial charge in [0.15, 0.2) is 6.10 Å². The summed E-state index contributed by atoms with van der Waals surface area (Å²) in [6.07, 6.45) is -2.52. The van der Waals surface area contributed by atoms with Crippen molar-refractivity contribution in [3.8, 4) is 17.0 Å². The molecule has 0 bridgehead atoms. The predicted molar refractivity (Wildman–Crippen MR) is 152 cm³/mol. The van der Waals surface area contributed by atoms with E-state index in [-0.39, 0.29) is 34.9 Å². The van der Waals surface area contributed by atoms with E-state index >= 15 is 0 Å². The van der Waals surface area contributed by atoms with Crippen LogP contribution in [0.25, 0.3) is 11.3 Å². The Hall–Kier alpha value is -3.57. The smallest absolute Gasteiger partial charge is 0.425 e. The third kappa shape index (κ3) is 7.43. The maximum absolute atomic E-state index is 12.9. The number of aliphatic hydroxyl groups excluding tert-OH is 1.